The summed E-state index contributed by atoms with van der Waals surface area (Å²) in [5.41, 5.74) is 0. The molecule has 0 aromatic heterocycles. The lowest BCUT2D eigenvalue weighted by molar-refractivity contribution is -0.134. The number of rotatable bonds is 5. The lowest BCUT2D eigenvalue weighted by atomic mass is 10.3. The molecule has 1 aliphatic rings. The molecule has 1 N–H and O–H groups in total. The Morgan fingerprint density at radius 3 is 2.20 bits per heavy atom. The van der Waals surface area contributed by atoms with Crippen LogP contribution in [0.25, 0.3) is 0 Å². The molecule has 7 heteroatoms. The van der Waals surface area contributed by atoms with Gasteiger partial charge in [0.25, 0.3) is 0 Å². The third-order valence-corrected chi connectivity index (χ3v) is 3.07. The first-order valence-corrected chi connectivity index (χ1v) is 7.04. The second-order valence-electron chi connectivity index (χ2n) is 4.59. The van der Waals surface area contributed by atoms with E-state index in [1.165, 1.54) is 0 Å². The normalized spacial score (nSPS) is 14.9. The lowest BCUT2D eigenvalue weighted by Crippen LogP contribution is -2.52. The Bertz CT molecular complexity index is 352. The molecular formula is C13H23N3O4. The van der Waals surface area contributed by atoms with Gasteiger partial charge in [0.1, 0.15) is 0 Å². The molecule has 0 atom stereocenters. The van der Waals surface area contributed by atoms with Gasteiger partial charge in [-0.1, -0.05) is 6.92 Å². The first-order valence-electron chi connectivity index (χ1n) is 7.04. The van der Waals surface area contributed by atoms with E-state index in [4.69, 9.17) is 4.74 Å². The Balaban J connectivity index is 2.28. The summed E-state index contributed by atoms with van der Waals surface area (Å²) >= 11 is 0. The zero-order valence-corrected chi connectivity index (χ0v) is 12.2. The molecule has 1 rings (SSSR count). The predicted molar refractivity (Wildman–Crippen MR) is 73.1 cm³/mol. The van der Waals surface area contributed by atoms with Gasteiger partial charge in [0.2, 0.25) is 11.8 Å². The van der Waals surface area contributed by atoms with E-state index in [1.54, 1.807) is 16.7 Å². The molecule has 0 bridgehead atoms. The SMILES string of the molecule is CCCC(=O)NCC(=O)N1CCN(C(=O)OCC)CC1. The van der Waals surface area contributed by atoms with Crippen LogP contribution in [0.1, 0.15) is 26.7 Å². The van der Waals surface area contributed by atoms with Crippen molar-refractivity contribution in [3.05, 3.63) is 0 Å². The molecule has 1 saturated heterocycles. The molecule has 7 nitrogen and oxygen atoms in total. The number of amides is 3. The van der Waals surface area contributed by atoms with Crippen LogP contribution in [-0.4, -0.2) is 67.0 Å². The zero-order valence-electron chi connectivity index (χ0n) is 12.2. The van der Waals surface area contributed by atoms with Gasteiger partial charge >= 0.3 is 6.09 Å². The number of nitrogens with one attached hydrogen (secondary N) is 1. The highest BCUT2D eigenvalue weighted by Gasteiger charge is 2.24. The van der Waals surface area contributed by atoms with Gasteiger partial charge in [-0.25, -0.2) is 4.79 Å². The summed E-state index contributed by atoms with van der Waals surface area (Å²) in [5, 5.41) is 2.60. The van der Waals surface area contributed by atoms with E-state index in [0.29, 0.717) is 39.2 Å². The summed E-state index contributed by atoms with van der Waals surface area (Å²) in [6, 6.07) is 0. The summed E-state index contributed by atoms with van der Waals surface area (Å²) in [5.74, 6) is -0.219. The Hall–Kier alpha value is -1.79. The molecule has 0 aromatic rings. The number of hydrogen-bond acceptors (Lipinski definition) is 4. The maximum atomic E-state index is 11.9. The third-order valence-electron chi connectivity index (χ3n) is 3.07. The minimum atomic E-state index is -0.337. The van der Waals surface area contributed by atoms with Gasteiger partial charge in [-0.15, -0.1) is 0 Å². The number of ether oxygens (including phenoxy) is 1. The van der Waals surface area contributed by atoms with E-state index in [0.717, 1.165) is 6.42 Å². The molecule has 0 unspecified atom stereocenters. The van der Waals surface area contributed by atoms with Gasteiger partial charge in [-0.05, 0) is 13.3 Å². The van der Waals surface area contributed by atoms with Gasteiger partial charge < -0.3 is 19.9 Å². The molecular weight excluding hydrogens is 262 g/mol. The van der Waals surface area contributed by atoms with Crippen LogP contribution in [0.4, 0.5) is 4.79 Å². The average Bonchev–Trinajstić information content (AvgIpc) is 2.45. The fourth-order valence-electron chi connectivity index (χ4n) is 1.95. The molecule has 0 aliphatic carbocycles. The van der Waals surface area contributed by atoms with Crippen LogP contribution < -0.4 is 5.32 Å². The van der Waals surface area contributed by atoms with Crippen molar-refractivity contribution in [2.24, 2.45) is 0 Å². The summed E-state index contributed by atoms with van der Waals surface area (Å²) in [7, 11) is 0. The smallest absolute Gasteiger partial charge is 0.409 e. The molecule has 0 spiro atoms. The summed E-state index contributed by atoms with van der Waals surface area (Å²) in [4.78, 5) is 37.9. The van der Waals surface area contributed by atoms with E-state index in [-0.39, 0.29) is 24.5 Å². The molecule has 114 valence electrons. The molecule has 1 heterocycles. The van der Waals surface area contributed by atoms with Crippen LogP contribution in [-0.2, 0) is 14.3 Å². The standard InChI is InChI=1S/C13H23N3O4/c1-3-5-11(17)14-10-12(18)15-6-8-16(9-7-15)13(19)20-4-2/h3-10H2,1-2H3,(H,14,17). The van der Waals surface area contributed by atoms with Gasteiger partial charge in [0, 0.05) is 32.6 Å². The van der Waals surface area contributed by atoms with Gasteiger partial charge in [0.15, 0.2) is 0 Å². The Kier molecular flexibility index (Phi) is 6.83. The molecule has 0 aromatic carbocycles. The van der Waals surface area contributed by atoms with Gasteiger partial charge in [0.05, 0.1) is 13.2 Å². The topological polar surface area (TPSA) is 79.0 Å². The van der Waals surface area contributed by atoms with E-state index < -0.39 is 0 Å². The molecule has 3 amide bonds. The number of nitrogens with zero attached hydrogens (tertiary/aromatic N) is 2. The van der Waals surface area contributed by atoms with Crippen molar-refractivity contribution in [3.63, 3.8) is 0 Å². The second-order valence-corrected chi connectivity index (χ2v) is 4.59. The van der Waals surface area contributed by atoms with E-state index >= 15 is 0 Å². The molecule has 0 saturated carbocycles. The van der Waals surface area contributed by atoms with Crippen molar-refractivity contribution in [2.45, 2.75) is 26.7 Å². The Labute approximate surface area is 119 Å². The number of carbonyl (C=O) groups excluding carboxylic acids is 3. The predicted octanol–water partition coefficient (Wildman–Crippen LogP) is 0.203. The van der Waals surface area contributed by atoms with Crippen LogP contribution in [0.3, 0.4) is 0 Å². The van der Waals surface area contributed by atoms with Crippen molar-refractivity contribution in [1.29, 1.82) is 0 Å². The fraction of sp³-hybridized carbons (Fsp3) is 0.769. The van der Waals surface area contributed by atoms with Crippen molar-refractivity contribution in [1.82, 2.24) is 15.1 Å². The summed E-state index contributed by atoms with van der Waals surface area (Å²) in [6.07, 6.45) is 0.859. The maximum Gasteiger partial charge on any atom is 0.409 e. The van der Waals surface area contributed by atoms with Crippen LogP contribution in [0.15, 0.2) is 0 Å². The fourth-order valence-corrected chi connectivity index (χ4v) is 1.95. The Morgan fingerprint density at radius 1 is 1.05 bits per heavy atom. The highest BCUT2D eigenvalue weighted by molar-refractivity contribution is 5.84. The number of hydrogen-bond donors (Lipinski definition) is 1. The zero-order chi connectivity index (χ0) is 15.0. The van der Waals surface area contributed by atoms with Crippen molar-refractivity contribution < 1.29 is 19.1 Å². The lowest BCUT2D eigenvalue weighted by Gasteiger charge is -2.34. The molecule has 1 fully saturated rings. The largest absolute Gasteiger partial charge is 0.450 e. The summed E-state index contributed by atoms with van der Waals surface area (Å²) < 4.78 is 4.91. The van der Waals surface area contributed by atoms with Gasteiger partial charge in [-0.2, -0.15) is 0 Å². The monoisotopic (exact) mass is 285 g/mol. The maximum absolute atomic E-state index is 11.9. The number of piperazine rings is 1. The van der Waals surface area contributed by atoms with Crippen LogP contribution in [0.5, 0.6) is 0 Å². The summed E-state index contributed by atoms with van der Waals surface area (Å²) in [6.45, 7) is 5.93. The minimum absolute atomic E-state index is 0.0260. The number of carbonyl (C=O) groups is 3. The third kappa shape index (κ3) is 5.07. The van der Waals surface area contributed by atoms with Gasteiger partial charge in [-0.3, -0.25) is 9.59 Å². The van der Waals surface area contributed by atoms with E-state index in [2.05, 4.69) is 5.32 Å². The first kappa shape index (κ1) is 16.3. The molecule has 0 radical (unpaired) electrons. The van der Waals surface area contributed by atoms with Crippen molar-refractivity contribution >= 4 is 17.9 Å². The quantitative estimate of drug-likeness (QED) is 0.783. The minimum Gasteiger partial charge on any atom is -0.450 e. The average molecular weight is 285 g/mol. The van der Waals surface area contributed by atoms with Crippen molar-refractivity contribution in [3.8, 4) is 0 Å². The first-order chi connectivity index (χ1) is 9.58. The van der Waals surface area contributed by atoms with Crippen LogP contribution in [0, 0.1) is 0 Å². The van der Waals surface area contributed by atoms with Crippen molar-refractivity contribution in [2.75, 3.05) is 39.3 Å². The molecule has 1 aliphatic heterocycles. The highest BCUT2D eigenvalue weighted by atomic mass is 16.6. The highest BCUT2D eigenvalue weighted by Crippen LogP contribution is 2.04. The van der Waals surface area contributed by atoms with Crippen LogP contribution in [0.2, 0.25) is 0 Å². The Morgan fingerprint density at radius 2 is 1.65 bits per heavy atom. The van der Waals surface area contributed by atoms with Crippen LogP contribution >= 0.6 is 0 Å². The second kappa shape index (κ2) is 8.39. The molecule has 20 heavy (non-hydrogen) atoms. The van der Waals surface area contributed by atoms with E-state index in [1.807, 2.05) is 6.92 Å². The van der Waals surface area contributed by atoms with E-state index in [9.17, 15) is 14.4 Å².